The summed E-state index contributed by atoms with van der Waals surface area (Å²) in [4.78, 5) is 18.9. The van der Waals surface area contributed by atoms with E-state index in [0.29, 0.717) is 12.6 Å². The molecule has 2 aliphatic heterocycles. The SMILES string of the molecule is O=C(O)N1CC[C@H](N2CCCc3ccccc32)C[C@@H]1CCCN(Cc1ccccc1)Cc1ccccc1. The number of hydrogen-bond donors (Lipinski definition) is 1. The van der Waals surface area contributed by atoms with Gasteiger partial charge in [-0.2, -0.15) is 0 Å². The zero-order valence-electron chi connectivity index (χ0n) is 21.7. The summed E-state index contributed by atoms with van der Waals surface area (Å²) in [7, 11) is 0. The van der Waals surface area contributed by atoms with Crippen molar-refractivity contribution in [1.29, 1.82) is 0 Å². The van der Waals surface area contributed by atoms with Crippen molar-refractivity contribution in [1.82, 2.24) is 9.80 Å². The van der Waals surface area contributed by atoms with Crippen molar-refractivity contribution in [2.24, 2.45) is 0 Å². The normalized spacial score (nSPS) is 19.6. The monoisotopic (exact) mass is 497 g/mol. The number of amides is 1. The summed E-state index contributed by atoms with van der Waals surface area (Å²) in [5.74, 6) is 0. The van der Waals surface area contributed by atoms with E-state index in [-0.39, 0.29) is 6.04 Å². The second-order valence-electron chi connectivity index (χ2n) is 10.6. The van der Waals surface area contributed by atoms with Crippen molar-refractivity contribution >= 4 is 11.8 Å². The van der Waals surface area contributed by atoms with Crippen molar-refractivity contribution in [2.75, 3.05) is 24.5 Å². The van der Waals surface area contributed by atoms with Gasteiger partial charge < -0.3 is 14.9 Å². The molecular weight excluding hydrogens is 458 g/mol. The number of fused-ring (bicyclic) bond motifs is 1. The highest BCUT2D eigenvalue weighted by molar-refractivity contribution is 5.66. The standard InChI is InChI=1S/C32H39N3O2/c36-32(37)35-22-19-30(34-21-9-16-28-15-7-8-18-31(28)34)23-29(35)17-10-20-33(24-26-11-3-1-4-12-26)25-27-13-5-2-6-14-27/h1-8,11-15,18,29-30H,9-10,16-17,19-25H2,(H,36,37)/t29-,30-/m0/s1. The van der Waals surface area contributed by atoms with Crippen molar-refractivity contribution in [3.05, 3.63) is 102 Å². The number of likely N-dealkylation sites (tertiary alicyclic amines) is 1. The molecule has 5 heteroatoms. The molecule has 3 aromatic rings. The third-order valence-electron chi connectivity index (χ3n) is 8.03. The average molecular weight is 498 g/mol. The van der Waals surface area contributed by atoms with Crippen molar-refractivity contribution in [2.45, 2.75) is 63.7 Å². The number of rotatable bonds is 9. The molecule has 2 atom stereocenters. The number of piperidine rings is 1. The van der Waals surface area contributed by atoms with Gasteiger partial charge in [0.2, 0.25) is 0 Å². The molecular formula is C32H39N3O2. The minimum absolute atomic E-state index is 0.0700. The molecule has 194 valence electrons. The lowest BCUT2D eigenvalue weighted by molar-refractivity contribution is 0.0937. The second kappa shape index (κ2) is 12.3. The first kappa shape index (κ1) is 25.3. The number of aryl methyl sites for hydroxylation is 1. The van der Waals surface area contributed by atoms with Gasteiger partial charge in [0.15, 0.2) is 0 Å². The summed E-state index contributed by atoms with van der Waals surface area (Å²) in [6.45, 7) is 4.45. The van der Waals surface area contributed by atoms with Gasteiger partial charge in [-0.3, -0.25) is 4.90 Å². The maximum Gasteiger partial charge on any atom is 0.407 e. The van der Waals surface area contributed by atoms with Crippen LogP contribution in [0, 0.1) is 0 Å². The second-order valence-corrected chi connectivity index (χ2v) is 10.6. The first-order valence-electron chi connectivity index (χ1n) is 13.8. The summed E-state index contributed by atoms with van der Waals surface area (Å²) in [5.41, 5.74) is 5.42. The van der Waals surface area contributed by atoms with Gasteiger partial charge in [0.05, 0.1) is 0 Å². The van der Waals surface area contributed by atoms with E-state index in [1.54, 1.807) is 4.90 Å². The molecule has 3 aromatic carbocycles. The molecule has 1 amide bonds. The van der Waals surface area contributed by atoms with E-state index in [0.717, 1.165) is 58.3 Å². The molecule has 1 saturated heterocycles. The summed E-state index contributed by atoms with van der Waals surface area (Å²) in [5, 5.41) is 9.96. The van der Waals surface area contributed by atoms with Crippen LogP contribution in [-0.2, 0) is 19.5 Å². The molecule has 0 radical (unpaired) electrons. The highest BCUT2D eigenvalue weighted by atomic mass is 16.4. The van der Waals surface area contributed by atoms with Crippen LogP contribution in [0.4, 0.5) is 10.5 Å². The molecule has 0 aromatic heterocycles. The third kappa shape index (κ3) is 6.53. The summed E-state index contributed by atoms with van der Waals surface area (Å²) < 4.78 is 0. The smallest absolute Gasteiger partial charge is 0.407 e. The molecule has 0 aliphatic carbocycles. The Balaban J connectivity index is 1.24. The molecule has 1 fully saturated rings. The van der Waals surface area contributed by atoms with E-state index in [2.05, 4.69) is 94.7 Å². The Labute approximate surface area is 221 Å². The molecule has 1 N–H and O–H groups in total. The Kier molecular flexibility index (Phi) is 8.42. The Morgan fingerprint density at radius 3 is 2.19 bits per heavy atom. The molecule has 0 spiro atoms. The van der Waals surface area contributed by atoms with E-state index < -0.39 is 6.09 Å². The number of hydrogen-bond acceptors (Lipinski definition) is 3. The minimum atomic E-state index is -0.770. The van der Waals surface area contributed by atoms with Crippen molar-refractivity contribution < 1.29 is 9.90 Å². The first-order valence-corrected chi connectivity index (χ1v) is 13.8. The van der Waals surface area contributed by atoms with Crippen LogP contribution in [0.15, 0.2) is 84.9 Å². The third-order valence-corrected chi connectivity index (χ3v) is 8.03. The summed E-state index contributed by atoms with van der Waals surface area (Å²) in [6.07, 6.45) is 5.25. The van der Waals surface area contributed by atoms with E-state index >= 15 is 0 Å². The fourth-order valence-electron chi connectivity index (χ4n) is 6.23. The Morgan fingerprint density at radius 2 is 1.51 bits per heavy atom. The maximum absolute atomic E-state index is 12.1. The fraction of sp³-hybridized carbons (Fsp3) is 0.406. The van der Waals surface area contributed by atoms with Gasteiger partial charge in [0.25, 0.3) is 0 Å². The summed E-state index contributed by atoms with van der Waals surface area (Å²) >= 11 is 0. The molecule has 0 bridgehead atoms. The van der Waals surface area contributed by atoms with Crippen LogP contribution < -0.4 is 4.90 Å². The Bertz CT molecular complexity index is 1100. The van der Waals surface area contributed by atoms with Crippen LogP contribution in [0.25, 0.3) is 0 Å². The lowest BCUT2D eigenvalue weighted by Crippen LogP contribution is -2.52. The predicted octanol–water partition coefficient (Wildman–Crippen LogP) is 6.43. The van der Waals surface area contributed by atoms with Crippen LogP contribution >= 0.6 is 0 Å². The van der Waals surface area contributed by atoms with Crippen LogP contribution in [0.3, 0.4) is 0 Å². The van der Waals surface area contributed by atoms with Gasteiger partial charge in [-0.25, -0.2) is 4.79 Å². The number of carbonyl (C=O) groups is 1. The number of anilines is 1. The Morgan fingerprint density at radius 1 is 0.865 bits per heavy atom. The van der Waals surface area contributed by atoms with Gasteiger partial charge in [0.1, 0.15) is 0 Å². The van der Waals surface area contributed by atoms with E-state index in [1.165, 1.54) is 28.8 Å². The van der Waals surface area contributed by atoms with Gasteiger partial charge in [-0.1, -0.05) is 78.9 Å². The molecule has 2 aliphatic rings. The van der Waals surface area contributed by atoms with Crippen LogP contribution in [-0.4, -0.2) is 52.7 Å². The fourth-order valence-corrected chi connectivity index (χ4v) is 6.23. The molecule has 37 heavy (non-hydrogen) atoms. The number of para-hydroxylation sites is 1. The Hall–Kier alpha value is -3.31. The van der Waals surface area contributed by atoms with E-state index in [1.807, 2.05) is 0 Å². The summed E-state index contributed by atoms with van der Waals surface area (Å²) in [6, 6.07) is 30.5. The van der Waals surface area contributed by atoms with Crippen LogP contribution in [0.5, 0.6) is 0 Å². The molecule has 2 heterocycles. The van der Waals surface area contributed by atoms with E-state index in [9.17, 15) is 9.90 Å². The highest BCUT2D eigenvalue weighted by Gasteiger charge is 2.35. The lowest BCUT2D eigenvalue weighted by Gasteiger charge is -2.45. The first-order chi connectivity index (χ1) is 18.2. The average Bonchev–Trinajstić information content (AvgIpc) is 2.93. The van der Waals surface area contributed by atoms with Gasteiger partial charge in [-0.15, -0.1) is 0 Å². The minimum Gasteiger partial charge on any atom is -0.465 e. The predicted molar refractivity (Wildman–Crippen MR) is 150 cm³/mol. The molecule has 0 saturated carbocycles. The molecule has 5 nitrogen and oxygen atoms in total. The maximum atomic E-state index is 12.1. The lowest BCUT2D eigenvalue weighted by atomic mass is 9.90. The number of benzene rings is 3. The quantitative estimate of drug-likeness (QED) is 0.370. The zero-order chi connectivity index (χ0) is 25.5. The topological polar surface area (TPSA) is 47.0 Å². The van der Waals surface area contributed by atoms with Crippen molar-refractivity contribution in [3.63, 3.8) is 0 Å². The molecule has 0 unspecified atom stereocenters. The van der Waals surface area contributed by atoms with E-state index in [4.69, 9.17) is 0 Å². The highest BCUT2D eigenvalue weighted by Crippen LogP contribution is 2.34. The zero-order valence-corrected chi connectivity index (χ0v) is 21.7. The largest absolute Gasteiger partial charge is 0.465 e. The van der Waals surface area contributed by atoms with Gasteiger partial charge in [-0.05, 0) is 67.8 Å². The van der Waals surface area contributed by atoms with Crippen molar-refractivity contribution in [3.8, 4) is 0 Å². The van der Waals surface area contributed by atoms with Crippen LogP contribution in [0.1, 0.15) is 48.8 Å². The molecule has 5 rings (SSSR count). The van der Waals surface area contributed by atoms with Gasteiger partial charge in [0, 0.05) is 44.0 Å². The van der Waals surface area contributed by atoms with Gasteiger partial charge >= 0.3 is 6.09 Å². The number of nitrogens with zero attached hydrogens (tertiary/aromatic N) is 3. The van der Waals surface area contributed by atoms with Crippen LogP contribution in [0.2, 0.25) is 0 Å². The number of carboxylic acid groups (broad SMARTS) is 1.